The monoisotopic (exact) mass is 515 g/mol. The van der Waals surface area contributed by atoms with Crippen LogP contribution in [0.2, 0.25) is 0 Å². The number of ether oxygens (including phenoxy) is 1. The highest BCUT2D eigenvalue weighted by Gasteiger charge is 2.36. The molecule has 0 bridgehead atoms. The number of hydrogen-bond donors (Lipinski definition) is 1. The lowest BCUT2D eigenvalue weighted by Crippen LogP contribution is -2.49. The largest absolute Gasteiger partial charge is 0.495 e. The average molecular weight is 516 g/mol. The summed E-state index contributed by atoms with van der Waals surface area (Å²) in [6.07, 6.45) is 1.79. The molecule has 4 aromatic rings. The van der Waals surface area contributed by atoms with Crippen molar-refractivity contribution >= 4 is 16.6 Å². The molecule has 38 heavy (non-hydrogen) atoms. The van der Waals surface area contributed by atoms with Crippen molar-refractivity contribution in [3.8, 4) is 5.75 Å². The molecule has 0 saturated carbocycles. The van der Waals surface area contributed by atoms with Crippen molar-refractivity contribution in [2.75, 3.05) is 38.2 Å². The Morgan fingerprint density at radius 3 is 2.53 bits per heavy atom. The summed E-state index contributed by atoms with van der Waals surface area (Å²) in [6.45, 7) is 11.6. The fourth-order valence-electron chi connectivity index (χ4n) is 5.25. The second kappa shape index (κ2) is 10.6. The first-order chi connectivity index (χ1) is 18.4. The highest BCUT2D eigenvalue weighted by atomic mass is 16.5. The highest BCUT2D eigenvalue weighted by molar-refractivity contribution is 5.80. The van der Waals surface area contributed by atoms with Gasteiger partial charge in [0.2, 0.25) is 0 Å². The van der Waals surface area contributed by atoms with Crippen LogP contribution < -0.4 is 15.2 Å². The molecule has 3 heterocycles. The molecule has 0 radical (unpaired) electrons. The van der Waals surface area contributed by atoms with Gasteiger partial charge in [0.15, 0.2) is 5.82 Å². The Balaban J connectivity index is 1.57. The van der Waals surface area contributed by atoms with E-state index in [1.54, 1.807) is 7.11 Å². The molecule has 1 fully saturated rings. The van der Waals surface area contributed by atoms with E-state index in [0.29, 0.717) is 11.4 Å². The van der Waals surface area contributed by atoms with E-state index in [1.807, 2.05) is 35.0 Å². The van der Waals surface area contributed by atoms with Gasteiger partial charge in [-0.2, -0.15) is 0 Å². The molecular formula is C29H37N7O2. The number of hydrogen-bond acceptors (Lipinski definition) is 7. The van der Waals surface area contributed by atoms with Crippen molar-refractivity contribution in [3.05, 3.63) is 75.8 Å². The fourth-order valence-corrected chi connectivity index (χ4v) is 5.25. The molecule has 9 heteroatoms. The first-order valence-electron chi connectivity index (χ1n) is 13.4. The normalized spacial score (nSPS) is 15.7. The molecule has 1 saturated heterocycles. The van der Waals surface area contributed by atoms with Gasteiger partial charge in [0.25, 0.3) is 5.56 Å². The van der Waals surface area contributed by atoms with Gasteiger partial charge in [-0.15, -0.1) is 5.10 Å². The maximum absolute atomic E-state index is 13.6. The van der Waals surface area contributed by atoms with E-state index in [9.17, 15) is 4.79 Å². The number of piperazine rings is 1. The summed E-state index contributed by atoms with van der Waals surface area (Å²) in [7, 11) is 1.70. The minimum absolute atomic E-state index is 0.109. The van der Waals surface area contributed by atoms with Gasteiger partial charge in [-0.25, -0.2) is 4.68 Å². The van der Waals surface area contributed by atoms with Gasteiger partial charge >= 0.3 is 0 Å². The Bertz CT molecular complexity index is 1470. The number of aromatic nitrogens is 5. The van der Waals surface area contributed by atoms with Crippen molar-refractivity contribution in [1.82, 2.24) is 30.1 Å². The maximum atomic E-state index is 13.6. The number of pyridine rings is 1. The predicted octanol–water partition coefficient (Wildman–Crippen LogP) is 4.14. The summed E-state index contributed by atoms with van der Waals surface area (Å²) in [5.74, 6) is 1.56. The number of H-pyrrole nitrogens is 1. The zero-order chi connectivity index (χ0) is 26.9. The van der Waals surface area contributed by atoms with Crippen molar-refractivity contribution in [1.29, 1.82) is 0 Å². The Labute approximate surface area is 223 Å². The van der Waals surface area contributed by atoms with Gasteiger partial charge in [-0.3, -0.25) is 9.69 Å². The molecular weight excluding hydrogens is 478 g/mol. The molecule has 200 valence electrons. The number of benzene rings is 2. The molecule has 2 aromatic carbocycles. The van der Waals surface area contributed by atoms with Crippen molar-refractivity contribution in [3.63, 3.8) is 0 Å². The first-order valence-corrected chi connectivity index (χ1v) is 13.4. The van der Waals surface area contributed by atoms with Gasteiger partial charge in [0.05, 0.1) is 18.3 Å². The van der Waals surface area contributed by atoms with E-state index in [2.05, 4.69) is 76.2 Å². The quantitative estimate of drug-likeness (QED) is 0.377. The van der Waals surface area contributed by atoms with Crippen molar-refractivity contribution in [2.45, 2.75) is 52.1 Å². The van der Waals surface area contributed by atoms with Crippen LogP contribution in [0.25, 0.3) is 10.9 Å². The van der Waals surface area contributed by atoms with Crippen LogP contribution in [-0.2, 0) is 12.0 Å². The van der Waals surface area contributed by atoms with Crippen molar-refractivity contribution in [2.24, 2.45) is 0 Å². The fraction of sp³-hybridized carbons (Fsp3) is 0.448. The van der Waals surface area contributed by atoms with Crippen LogP contribution in [0.4, 0.5) is 5.69 Å². The van der Waals surface area contributed by atoms with Crippen LogP contribution in [0, 0.1) is 0 Å². The number of fused-ring (bicyclic) bond motifs is 1. The Hall–Kier alpha value is -3.72. The van der Waals surface area contributed by atoms with E-state index in [1.165, 1.54) is 5.56 Å². The number of nitrogens with one attached hydrogen (secondary N) is 1. The Morgan fingerprint density at radius 1 is 1.05 bits per heavy atom. The van der Waals surface area contributed by atoms with Crippen LogP contribution in [0.5, 0.6) is 5.75 Å². The minimum atomic E-state index is -0.380. The molecule has 9 nitrogen and oxygen atoms in total. The second-order valence-corrected chi connectivity index (χ2v) is 10.5. The summed E-state index contributed by atoms with van der Waals surface area (Å²) in [4.78, 5) is 21.4. The number of aromatic amines is 1. The van der Waals surface area contributed by atoms with Crippen molar-refractivity contribution < 1.29 is 4.74 Å². The van der Waals surface area contributed by atoms with Crippen LogP contribution >= 0.6 is 0 Å². The number of rotatable bonds is 8. The maximum Gasteiger partial charge on any atom is 0.253 e. The van der Waals surface area contributed by atoms with E-state index in [0.717, 1.165) is 61.4 Å². The minimum Gasteiger partial charge on any atom is -0.495 e. The van der Waals surface area contributed by atoms with E-state index in [-0.39, 0.29) is 17.1 Å². The third kappa shape index (κ3) is 4.78. The lowest BCUT2D eigenvalue weighted by Gasteiger charge is -2.40. The average Bonchev–Trinajstić information content (AvgIpc) is 3.44. The summed E-state index contributed by atoms with van der Waals surface area (Å²) in [5.41, 5.74) is 3.41. The number of nitrogens with zero attached hydrogens (tertiary/aromatic N) is 6. The molecule has 5 rings (SSSR count). The topological polar surface area (TPSA) is 92.2 Å². The SMILES string of the molecule is CCc1ccc2[nH]c(=O)c([C@@H](c3nnnn3C(C)(C)CC)N3CCN(c4ccccc4OC)CC3)cc2c1. The molecule has 0 amide bonds. The Kier molecular flexibility index (Phi) is 7.21. The summed E-state index contributed by atoms with van der Waals surface area (Å²) in [5, 5.41) is 14.0. The van der Waals surface area contributed by atoms with Gasteiger partial charge in [0, 0.05) is 37.3 Å². The zero-order valence-electron chi connectivity index (χ0n) is 22.9. The van der Waals surface area contributed by atoms with Crippen LogP contribution in [0.1, 0.15) is 57.1 Å². The van der Waals surface area contributed by atoms with E-state index < -0.39 is 0 Å². The first kappa shape index (κ1) is 25.9. The van der Waals surface area contributed by atoms with Gasteiger partial charge in [-0.05, 0) is 78.4 Å². The second-order valence-electron chi connectivity index (χ2n) is 10.5. The molecule has 1 N–H and O–H groups in total. The van der Waals surface area contributed by atoms with Crippen LogP contribution in [0.3, 0.4) is 0 Å². The molecule has 0 unspecified atom stereocenters. The summed E-state index contributed by atoms with van der Waals surface area (Å²) >= 11 is 0. The third-order valence-corrected chi connectivity index (χ3v) is 7.92. The van der Waals surface area contributed by atoms with Gasteiger partial charge in [0.1, 0.15) is 11.8 Å². The van der Waals surface area contributed by atoms with Crippen LogP contribution in [0.15, 0.2) is 53.3 Å². The number of aryl methyl sites for hydroxylation is 1. The summed E-state index contributed by atoms with van der Waals surface area (Å²) < 4.78 is 7.51. The van der Waals surface area contributed by atoms with E-state index in [4.69, 9.17) is 4.74 Å². The Morgan fingerprint density at radius 2 is 1.82 bits per heavy atom. The molecule has 0 aliphatic carbocycles. The number of tetrazole rings is 1. The molecule has 1 atom stereocenters. The molecule has 0 spiro atoms. The smallest absolute Gasteiger partial charge is 0.253 e. The lowest BCUT2D eigenvalue weighted by molar-refractivity contribution is 0.186. The number of anilines is 1. The zero-order valence-corrected chi connectivity index (χ0v) is 22.9. The summed E-state index contributed by atoms with van der Waals surface area (Å²) in [6, 6.07) is 16.0. The lowest BCUT2D eigenvalue weighted by atomic mass is 9.98. The standard InChI is InChI=1S/C29H37N7O2/c1-6-20-12-13-23-21(18-20)19-22(28(37)30-23)26(27-31-32-33-36(27)29(3,4)7-2)35-16-14-34(15-17-35)24-10-8-9-11-25(24)38-5/h8-13,18-19,26H,6-7,14-17H2,1-5H3,(H,30,37)/t26-/m0/s1. The van der Waals surface area contributed by atoms with Gasteiger partial charge < -0.3 is 14.6 Å². The van der Waals surface area contributed by atoms with Crippen LogP contribution in [-0.4, -0.2) is 63.4 Å². The highest BCUT2D eigenvalue weighted by Crippen LogP contribution is 2.33. The third-order valence-electron chi connectivity index (χ3n) is 7.92. The van der Waals surface area contributed by atoms with Gasteiger partial charge in [-0.1, -0.05) is 32.0 Å². The number of para-hydroxylation sites is 2. The molecule has 2 aromatic heterocycles. The molecule has 1 aliphatic heterocycles. The van der Waals surface area contributed by atoms with E-state index >= 15 is 0 Å². The number of methoxy groups -OCH3 is 1. The predicted molar refractivity (Wildman–Crippen MR) is 150 cm³/mol. The molecule has 1 aliphatic rings.